The van der Waals surface area contributed by atoms with E-state index in [2.05, 4.69) is 15.9 Å². The number of nitro groups is 1. The molecule has 7 heteroatoms. The lowest BCUT2D eigenvalue weighted by Gasteiger charge is -2.34. The maximum Gasteiger partial charge on any atom is 0.295 e. The zero-order chi connectivity index (χ0) is 14.9. The standard InChI is InChI=1S/C13H17BrFN3O2/c1-17(9-4-2-8(16)3-5-9)12-6-10(14)11(15)7-13(12)18(19)20/h6-9H,2-5,16H2,1H3. The van der Waals surface area contributed by atoms with Crippen LogP contribution in [0, 0.1) is 15.9 Å². The molecule has 0 aromatic heterocycles. The molecule has 1 aromatic rings. The van der Waals surface area contributed by atoms with Crippen LogP contribution in [-0.2, 0) is 0 Å². The van der Waals surface area contributed by atoms with E-state index >= 15 is 0 Å². The summed E-state index contributed by atoms with van der Waals surface area (Å²) in [6, 6.07) is 2.85. The van der Waals surface area contributed by atoms with Gasteiger partial charge in [0.1, 0.15) is 11.5 Å². The maximum atomic E-state index is 13.5. The molecule has 0 radical (unpaired) electrons. The molecule has 0 bridgehead atoms. The van der Waals surface area contributed by atoms with Crippen molar-refractivity contribution in [2.24, 2.45) is 5.73 Å². The van der Waals surface area contributed by atoms with Crippen molar-refractivity contribution in [2.75, 3.05) is 11.9 Å². The summed E-state index contributed by atoms with van der Waals surface area (Å²) >= 11 is 3.09. The molecule has 1 fully saturated rings. The molecule has 0 spiro atoms. The van der Waals surface area contributed by atoms with Crippen molar-refractivity contribution in [3.63, 3.8) is 0 Å². The van der Waals surface area contributed by atoms with Gasteiger partial charge in [0.2, 0.25) is 0 Å². The number of nitrogens with zero attached hydrogens (tertiary/aromatic N) is 2. The number of hydrogen-bond donors (Lipinski definition) is 1. The zero-order valence-corrected chi connectivity index (χ0v) is 12.8. The van der Waals surface area contributed by atoms with Gasteiger partial charge in [0.15, 0.2) is 0 Å². The minimum atomic E-state index is -0.625. The molecule has 110 valence electrons. The number of benzene rings is 1. The lowest BCUT2D eigenvalue weighted by molar-refractivity contribution is -0.384. The van der Waals surface area contributed by atoms with E-state index < -0.39 is 10.7 Å². The molecule has 1 aliphatic rings. The number of anilines is 1. The summed E-state index contributed by atoms with van der Waals surface area (Å²) in [7, 11) is 1.81. The topological polar surface area (TPSA) is 72.4 Å². The lowest BCUT2D eigenvalue weighted by atomic mass is 9.90. The van der Waals surface area contributed by atoms with E-state index in [-0.39, 0.29) is 22.2 Å². The van der Waals surface area contributed by atoms with Gasteiger partial charge in [-0.15, -0.1) is 0 Å². The Bertz CT molecular complexity index is 519. The van der Waals surface area contributed by atoms with Crippen LogP contribution in [-0.4, -0.2) is 24.1 Å². The van der Waals surface area contributed by atoms with E-state index in [4.69, 9.17) is 5.73 Å². The molecule has 0 heterocycles. The summed E-state index contributed by atoms with van der Waals surface area (Å²) in [5.74, 6) is -0.625. The highest BCUT2D eigenvalue weighted by atomic mass is 79.9. The van der Waals surface area contributed by atoms with Crippen LogP contribution in [0.5, 0.6) is 0 Å². The first-order valence-corrected chi connectivity index (χ1v) is 7.31. The van der Waals surface area contributed by atoms with E-state index in [0.29, 0.717) is 5.69 Å². The summed E-state index contributed by atoms with van der Waals surface area (Å²) in [5, 5.41) is 11.1. The van der Waals surface area contributed by atoms with Gasteiger partial charge in [-0.1, -0.05) is 0 Å². The molecule has 0 atom stereocenters. The second kappa shape index (κ2) is 6.05. The predicted octanol–water partition coefficient (Wildman–Crippen LogP) is 3.20. The van der Waals surface area contributed by atoms with Crippen molar-refractivity contribution in [3.8, 4) is 0 Å². The first-order valence-electron chi connectivity index (χ1n) is 6.52. The van der Waals surface area contributed by atoms with Gasteiger partial charge in [-0.2, -0.15) is 0 Å². The van der Waals surface area contributed by atoms with Crippen molar-refractivity contribution in [1.82, 2.24) is 0 Å². The van der Waals surface area contributed by atoms with Gasteiger partial charge in [-0.3, -0.25) is 10.1 Å². The summed E-state index contributed by atoms with van der Waals surface area (Å²) in [4.78, 5) is 12.4. The summed E-state index contributed by atoms with van der Waals surface area (Å²) in [5.41, 5.74) is 6.10. The van der Waals surface area contributed by atoms with Crippen molar-refractivity contribution < 1.29 is 9.31 Å². The first kappa shape index (κ1) is 15.2. The molecule has 2 N–H and O–H groups in total. The fourth-order valence-corrected chi connectivity index (χ4v) is 2.97. The van der Waals surface area contributed by atoms with Gasteiger partial charge in [0, 0.05) is 19.1 Å². The molecule has 0 saturated heterocycles. The minimum absolute atomic E-state index is 0.200. The molecule has 0 amide bonds. The van der Waals surface area contributed by atoms with Crippen molar-refractivity contribution in [3.05, 3.63) is 32.5 Å². The molecule has 1 saturated carbocycles. The quantitative estimate of drug-likeness (QED) is 0.674. The molecule has 5 nitrogen and oxygen atoms in total. The maximum absolute atomic E-state index is 13.5. The van der Waals surface area contributed by atoms with Crippen LogP contribution in [0.2, 0.25) is 0 Å². The average molecular weight is 346 g/mol. The Hall–Kier alpha value is -1.21. The summed E-state index contributed by atoms with van der Waals surface area (Å²) in [6.45, 7) is 0. The summed E-state index contributed by atoms with van der Waals surface area (Å²) in [6.07, 6.45) is 3.60. The molecule has 2 rings (SSSR count). The predicted molar refractivity (Wildman–Crippen MR) is 79.4 cm³/mol. The van der Waals surface area contributed by atoms with Crippen LogP contribution in [0.4, 0.5) is 15.8 Å². The van der Waals surface area contributed by atoms with E-state index in [1.807, 2.05) is 11.9 Å². The molecular weight excluding hydrogens is 329 g/mol. The van der Waals surface area contributed by atoms with Crippen molar-refractivity contribution in [1.29, 1.82) is 0 Å². The monoisotopic (exact) mass is 345 g/mol. The highest BCUT2D eigenvalue weighted by molar-refractivity contribution is 9.10. The Morgan fingerprint density at radius 3 is 2.55 bits per heavy atom. The first-order chi connectivity index (χ1) is 9.40. The van der Waals surface area contributed by atoms with E-state index in [1.165, 1.54) is 6.07 Å². The van der Waals surface area contributed by atoms with Crippen LogP contribution in [0.15, 0.2) is 16.6 Å². The Kier molecular flexibility index (Phi) is 4.59. The second-order valence-electron chi connectivity index (χ2n) is 5.19. The Balaban J connectivity index is 2.31. The van der Waals surface area contributed by atoms with Gasteiger partial charge in [0.05, 0.1) is 15.5 Å². The van der Waals surface area contributed by atoms with Gasteiger partial charge >= 0.3 is 0 Å². The number of rotatable bonds is 3. The van der Waals surface area contributed by atoms with Gasteiger partial charge in [-0.05, 0) is 47.7 Å². The molecule has 1 aliphatic carbocycles. The Morgan fingerprint density at radius 2 is 2.00 bits per heavy atom. The van der Waals surface area contributed by atoms with Gasteiger partial charge < -0.3 is 10.6 Å². The van der Waals surface area contributed by atoms with Crippen LogP contribution in [0.3, 0.4) is 0 Å². The third-order valence-corrected chi connectivity index (χ3v) is 4.49. The molecule has 1 aromatic carbocycles. The molecular formula is C13H17BrFN3O2. The molecule has 0 aliphatic heterocycles. The fraction of sp³-hybridized carbons (Fsp3) is 0.538. The van der Waals surface area contributed by atoms with Gasteiger partial charge in [-0.25, -0.2) is 4.39 Å². The second-order valence-corrected chi connectivity index (χ2v) is 6.05. The molecule has 20 heavy (non-hydrogen) atoms. The third-order valence-electron chi connectivity index (χ3n) is 3.88. The number of hydrogen-bond acceptors (Lipinski definition) is 4. The smallest absolute Gasteiger partial charge is 0.295 e. The zero-order valence-electron chi connectivity index (χ0n) is 11.2. The Morgan fingerprint density at radius 1 is 1.40 bits per heavy atom. The SMILES string of the molecule is CN(c1cc(Br)c(F)cc1[N+](=O)[O-])C1CCC(N)CC1. The highest BCUT2D eigenvalue weighted by Gasteiger charge is 2.27. The van der Waals surface area contributed by atoms with Crippen molar-refractivity contribution in [2.45, 2.75) is 37.8 Å². The average Bonchev–Trinajstić information content (AvgIpc) is 2.41. The van der Waals surface area contributed by atoms with Crippen LogP contribution < -0.4 is 10.6 Å². The minimum Gasteiger partial charge on any atom is -0.366 e. The van der Waals surface area contributed by atoms with Crippen molar-refractivity contribution >= 4 is 27.3 Å². The Labute approximate surface area is 125 Å². The van der Waals surface area contributed by atoms with Crippen LogP contribution in [0.25, 0.3) is 0 Å². The largest absolute Gasteiger partial charge is 0.366 e. The summed E-state index contributed by atoms with van der Waals surface area (Å²) < 4.78 is 13.7. The van der Waals surface area contributed by atoms with E-state index in [9.17, 15) is 14.5 Å². The van der Waals surface area contributed by atoms with E-state index in [0.717, 1.165) is 31.7 Å². The number of nitro benzene ring substituents is 1. The fourth-order valence-electron chi connectivity index (χ4n) is 2.64. The van der Waals surface area contributed by atoms with E-state index in [1.54, 1.807) is 0 Å². The van der Waals surface area contributed by atoms with Crippen LogP contribution >= 0.6 is 15.9 Å². The normalized spacial score (nSPS) is 22.6. The molecule has 0 unspecified atom stereocenters. The lowest BCUT2D eigenvalue weighted by Crippen LogP contribution is -2.39. The number of halogens is 2. The van der Waals surface area contributed by atoms with Crippen LogP contribution in [0.1, 0.15) is 25.7 Å². The third kappa shape index (κ3) is 3.09. The van der Waals surface area contributed by atoms with Gasteiger partial charge in [0.25, 0.3) is 5.69 Å². The highest BCUT2D eigenvalue weighted by Crippen LogP contribution is 2.36. The number of nitrogens with two attached hydrogens (primary N) is 1.